The second kappa shape index (κ2) is 7.83. The lowest BCUT2D eigenvalue weighted by Crippen LogP contribution is -2.26. The molecule has 1 amide bonds. The lowest BCUT2D eigenvalue weighted by molar-refractivity contribution is -0.123. The Morgan fingerprint density at radius 1 is 1.20 bits per heavy atom. The Labute approximate surface area is 156 Å². The normalized spacial score (nSPS) is 12.9. The number of halogens is 1. The van der Waals surface area contributed by atoms with E-state index in [2.05, 4.69) is 52.4 Å². The molecule has 0 aliphatic heterocycles. The Balaban J connectivity index is 1.52. The summed E-state index contributed by atoms with van der Waals surface area (Å²) in [4.78, 5) is 12.0. The van der Waals surface area contributed by atoms with Gasteiger partial charge in [0.25, 0.3) is 5.91 Å². The van der Waals surface area contributed by atoms with E-state index in [-0.39, 0.29) is 12.5 Å². The molecule has 130 valence electrons. The number of carbonyl (C=O) groups excluding carboxylic acids is 1. The molecular formula is C20H21BrN2O2. The number of benzene rings is 2. The van der Waals surface area contributed by atoms with Crippen LogP contribution in [-0.4, -0.2) is 18.2 Å². The van der Waals surface area contributed by atoms with Gasteiger partial charge in [0.2, 0.25) is 0 Å². The first-order valence-electron chi connectivity index (χ1n) is 8.36. The molecule has 0 bridgehead atoms. The van der Waals surface area contributed by atoms with Gasteiger partial charge in [0.15, 0.2) is 6.61 Å². The SMILES string of the molecule is CC(C)c1ccc(OCC(=O)NN=C2Cc3ccccc3C2)c(Br)c1. The monoisotopic (exact) mass is 400 g/mol. The second-order valence-electron chi connectivity index (χ2n) is 6.47. The molecule has 0 unspecified atom stereocenters. The summed E-state index contributed by atoms with van der Waals surface area (Å²) in [7, 11) is 0. The van der Waals surface area contributed by atoms with Crippen molar-refractivity contribution in [3.8, 4) is 5.75 Å². The highest BCUT2D eigenvalue weighted by molar-refractivity contribution is 9.10. The van der Waals surface area contributed by atoms with Crippen LogP contribution in [0.4, 0.5) is 0 Å². The molecule has 0 radical (unpaired) electrons. The summed E-state index contributed by atoms with van der Waals surface area (Å²) in [6.45, 7) is 4.20. The van der Waals surface area contributed by atoms with Crippen LogP contribution in [0.15, 0.2) is 52.0 Å². The van der Waals surface area contributed by atoms with Crippen molar-refractivity contribution in [3.63, 3.8) is 0 Å². The largest absolute Gasteiger partial charge is 0.483 e. The molecule has 1 N–H and O–H groups in total. The van der Waals surface area contributed by atoms with Crippen molar-refractivity contribution in [3.05, 3.63) is 63.6 Å². The zero-order valence-electron chi connectivity index (χ0n) is 14.4. The van der Waals surface area contributed by atoms with Crippen LogP contribution in [0.25, 0.3) is 0 Å². The van der Waals surface area contributed by atoms with E-state index in [1.807, 2.05) is 30.3 Å². The van der Waals surface area contributed by atoms with E-state index in [4.69, 9.17) is 4.74 Å². The summed E-state index contributed by atoms with van der Waals surface area (Å²) in [6.07, 6.45) is 1.58. The summed E-state index contributed by atoms with van der Waals surface area (Å²) in [6, 6.07) is 14.2. The van der Waals surface area contributed by atoms with Gasteiger partial charge in [-0.3, -0.25) is 4.79 Å². The molecule has 25 heavy (non-hydrogen) atoms. The van der Waals surface area contributed by atoms with E-state index >= 15 is 0 Å². The predicted octanol–water partition coefficient (Wildman–Crippen LogP) is 4.22. The van der Waals surface area contributed by atoms with Crippen molar-refractivity contribution in [2.75, 3.05) is 6.61 Å². The van der Waals surface area contributed by atoms with Gasteiger partial charge in [0.1, 0.15) is 5.75 Å². The summed E-state index contributed by atoms with van der Waals surface area (Å²) >= 11 is 3.49. The molecule has 1 aliphatic rings. The van der Waals surface area contributed by atoms with Crippen LogP contribution in [0.1, 0.15) is 36.5 Å². The number of amides is 1. The lowest BCUT2D eigenvalue weighted by atomic mass is 10.0. The van der Waals surface area contributed by atoms with Crippen molar-refractivity contribution >= 4 is 27.5 Å². The van der Waals surface area contributed by atoms with Crippen LogP contribution in [0, 0.1) is 0 Å². The summed E-state index contributed by atoms with van der Waals surface area (Å²) in [5.74, 6) is 0.837. The molecule has 1 aliphatic carbocycles. The van der Waals surface area contributed by atoms with Crippen molar-refractivity contribution in [2.45, 2.75) is 32.6 Å². The standard InChI is InChI=1S/C20H21BrN2O2/c1-13(2)14-7-8-19(18(21)11-14)25-12-20(24)23-22-17-9-15-5-3-4-6-16(15)10-17/h3-8,11,13H,9-10,12H2,1-2H3,(H,23,24). The van der Waals surface area contributed by atoms with Crippen LogP contribution in [0.3, 0.4) is 0 Å². The van der Waals surface area contributed by atoms with Crippen LogP contribution in [0.5, 0.6) is 5.75 Å². The van der Waals surface area contributed by atoms with Crippen LogP contribution in [0.2, 0.25) is 0 Å². The highest BCUT2D eigenvalue weighted by Gasteiger charge is 2.16. The number of fused-ring (bicyclic) bond motifs is 1. The Bertz CT molecular complexity index is 788. The maximum Gasteiger partial charge on any atom is 0.277 e. The maximum atomic E-state index is 12.0. The Kier molecular flexibility index (Phi) is 5.53. The fraction of sp³-hybridized carbons (Fsp3) is 0.300. The number of carbonyl (C=O) groups is 1. The molecule has 0 aromatic heterocycles. The third kappa shape index (κ3) is 4.48. The predicted molar refractivity (Wildman–Crippen MR) is 103 cm³/mol. The van der Waals surface area contributed by atoms with E-state index in [0.717, 1.165) is 23.0 Å². The first-order valence-corrected chi connectivity index (χ1v) is 9.15. The van der Waals surface area contributed by atoms with E-state index in [0.29, 0.717) is 11.7 Å². The van der Waals surface area contributed by atoms with Crippen molar-refractivity contribution in [1.29, 1.82) is 0 Å². The number of rotatable bonds is 5. The van der Waals surface area contributed by atoms with E-state index in [9.17, 15) is 4.79 Å². The Morgan fingerprint density at radius 2 is 1.88 bits per heavy atom. The van der Waals surface area contributed by atoms with E-state index in [1.165, 1.54) is 16.7 Å². The minimum atomic E-state index is -0.261. The van der Waals surface area contributed by atoms with Crippen LogP contribution < -0.4 is 10.2 Å². The smallest absolute Gasteiger partial charge is 0.277 e. The van der Waals surface area contributed by atoms with Gasteiger partial charge in [-0.1, -0.05) is 44.2 Å². The first kappa shape index (κ1) is 17.7. The Hall–Kier alpha value is -2.14. The minimum absolute atomic E-state index is 0.0661. The van der Waals surface area contributed by atoms with Crippen LogP contribution >= 0.6 is 15.9 Å². The number of nitrogens with one attached hydrogen (secondary N) is 1. The third-order valence-electron chi connectivity index (χ3n) is 4.23. The van der Waals surface area contributed by atoms with E-state index < -0.39 is 0 Å². The quantitative estimate of drug-likeness (QED) is 0.763. The fourth-order valence-electron chi connectivity index (χ4n) is 2.79. The van der Waals surface area contributed by atoms with Crippen molar-refractivity contribution in [1.82, 2.24) is 5.43 Å². The third-order valence-corrected chi connectivity index (χ3v) is 4.85. The van der Waals surface area contributed by atoms with Gasteiger partial charge in [-0.2, -0.15) is 5.10 Å². The lowest BCUT2D eigenvalue weighted by Gasteiger charge is -2.11. The minimum Gasteiger partial charge on any atom is -0.483 e. The Morgan fingerprint density at radius 3 is 2.48 bits per heavy atom. The van der Waals surface area contributed by atoms with Gasteiger partial charge in [-0.25, -0.2) is 5.43 Å². The molecule has 2 aromatic carbocycles. The van der Waals surface area contributed by atoms with Crippen molar-refractivity contribution in [2.24, 2.45) is 5.10 Å². The molecule has 5 heteroatoms. The molecule has 3 rings (SSSR count). The summed E-state index contributed by atoms with van der Waals surface area (Å²) in [5, 5.41) is 4.24. The highest BCUT2D eigenvalue weighted by atomic mass is 79.9. The van der Waals surface area contributed by atoms with Gasteiger partial charge < -0.3 is 4.74 Å². The molecule has 0 heterocycles. The number of hydrogen-bond acceptors (Lipinski definition) is 3. The molecule has 0 fully saturated rings. The van der Waals surface area contributed by atoms with E-state index in [1.54, 1.807) is 0 Å². The van der Waals surface area contributed by atoms with Gasteiger partial charge in [-0.05, 0) is 50.7 Å². The van der Waals surface area contributed by atoms with Gasteiger partial charge in [-0.15, -0.1) is 0 Å². The number of nitrogens with zero attached hydrogens (tertiary/aromatic N) is 1. The number of hydrogen-bond donors (Lipinski definition) is 1. The number of ether oxygens (including phenoxy) is 1. The van der Waals surface area contributed by atoms with Crippen LogP contribution in [-0.2, 0) is 17.6 Å². The molecule has 0 spiro atoms. The fourth-order valence-corrected chi connectivity index (χ4v) is 3.30. The molecule has 2 aromatic rings. The average Bonchev–Trinajstić information content (AvgIpc) is 3.01. The van der Waals surface area contributed by atoms with Gasteiger partial charge in [0, 0.05) is 18.6 Å². The van der Waals surface area contributed by atoms with Crippen molar-refractivity contribution < 1.29 is 9.53 Å². The number of hydrazone groups is 1. The second-order valence-corrected chi connectivity index (χ2v) is 7.32. The molecular weight excluding hydrogens is 380 g/mol. The van der Waals surface area contributed by atoms with Gasteiger partial charge in [0.05, 0.1) is 4.47 Å². The summed E-state index contributed by atoms with van der Waals surface area (Å²) in [5.41, 5.74) is 7.33. The molecule has 0 saturated heterocycles. The first-order chi connectivity index (χ1) is 12.0. The molecule has 0 atom stereocenters. The zero-order chi connectivity index (χ0) is 17.8. The zero-order valence-corrected chi connectivity index (χ0v) is 16.0. The average molecular weight is 401 g/mol. The molecule has 0 saturated carbocycles. The topological polar surface area (TPSA) is 50.7 Å². The maximum absolute atomic E-state index is 12.0. The summed E-state index contributed by atoms with van der Waals surface area (Å²) < 4.78 is 6.43. The van der Waals surface area contributed by atoms with Gasteiger partial charge >= 0.3 is 0 Å². The highest BCUT2D eigenvalue weighted by Crippen LogP contribution is 2.28. The molecule has 4 nitrogen and oxygen atoms in total.